The van der Waals surface area contributed by atoms with Crippen molar-refractivity contribution in [2.75, 3.05) is 0 Å². The first-order chi connectivity index (χ1) is 5.27. The molecule has 1 spiro atoms. The predicted molar refractivity (Wildman–Crippen MR) is 32.8 cm³/mol. The number of epoxide rings is 1. The maximum Gasteiger partial charge on any atom is 0.514 e. The van der Waals surface area contributed by atoms with Crippen molar-refractivity contribution in [1.29, 1.82) is 0 Å². The molecule has 2 aliphatic heterocycles. The van der Waals surface area contributed by atoms with Crippen LogP contribution in [0, 0.1) is 0 Å². The van der Waals surface area contributed by atoms with Gasteiger partial charge in [-0.1, -0.05) is 0 Å². The molecule has 1 saturated carbocycles. The normalized spacial score (nSPS) is 43.5. The highest BCUT2D eigenvalue weighted by molar-refractivity contribution is 5.65. The highest BCUT2D eigenvalue weighted by atomic mass is 16.9. The Labute approximate surface area is 63.4 Å². The molecule has 60 valence electrons. The monoisotopic (exact) mass is 156 g/mol. The molecule has 2 saturated heterocycles. The number of carbonyl (C=O) groups excluding carboxylic acids is 1. The van der Waals surface area contributed by atoms with Gasteiger partial charge in [-0.05, 0) is 6.42 Å². The molecule has 0 aromatic rings. The smallest absolute Gasteiger partial charge is 0.391 e. The van der Waals surface area contributed by atoms with E-state index in [2.05, 4.69) is 0 Å². The van der Waals surface area contributed by atoms with Crippen LogP contribution < -0.4 is 0 Å². The summed E-state index contributed by atoms with van der Waals surface area (Å²) in [5, 5.41) is 0. The fourth-order valence-corrected chi connectivity index (χ4v) is 1.88. The largest absolute Gasteiger partial charge is 0.514 e. The summed E-state index contributed by atoms with van der Waals surface area (Å²) >= 11 is 0. The molecule has 0 aromatic heterocycles. The second kappa shape index (κ2) is 1.53. The van der Waals surface area contributed by atoms with Crippen molar-refractivity contribution in [3.63, 3.8) is 0 Å². The van der Waals surface area contributed by atoms with Gasteiger partial charge in [0.25, 0.3) is 5.79 Å². The molecular weight excluding hydrogens is 148 g/mol. The zero-order valence-corrected chi connectivity index (χ0v) is 5.91. The van der Waals surface area contributed by atoms with Gasteiger partial charge in [-0.2, -0.15) is 0 Å². The minimum Gasteiger partial charge on any atom is -0.391 e. The minimum atomic E-state index is -0.589. The van der Waals surface area contributed by atoms with Gasteiger partial charge < -0.3 is 14.2 Å². The molecule has 4 nitrogen and oxygen atoms in total. The van der Waals surface area contributed by atoms with Crippen LogP contribution in [0.2, 0.25) is 0 Å². The van der Waals surface area contributed by atoms with E-state index in [0.717, 1.165) is 19.3 Å². The van der Waals surface area contributed by atoms with Crippen LogP contribution in [0.15, 0.2) is 0 Å². The van der Waals surface area contributed by atoms with E-state index in [1.807, 2.05) is 0 Å². The zero-order chi connectivity index (χ0) is 7.47. The van der Waals surface area contributed by atoms with Gasteiger partial charge in [0, 0.05) is 6.42 Å². The van der Waals surface area contributed by atoms with Crippen molar-refractivity contribution in [1.82, 2.24) is 0 Å². The van der Waals surface area contributed by atoms with Crippen LogP contribution in [0.3, 0.4) is 0 Å². The molecule has 11 heavy (non-hydrogen) atoms. The summed E-state index contributed by atoms with van der Waals surface area (Å²) in [7, 11) is 0. The van der Waals surface area contributed by atoms with Crippen molar-refractivity contribution in [2.24, 2.45) is 0 Å². The molecule has 2 unspecified atom stereocenters. The average Bonchev–Trinajstić information content (AvgIpc) is 2.62. The molecule has 2 heterocycles. The van der Waals surface area contributed by atoms with Gasteiger partial charge in [-0.3, -0.25) is 0 Å². The van der Waals surface area contributed by atoms with E-state index in [9.17, 15) is 4.79 Å². The van der Waals surface area contributed by atoms with E-state index in [4.69, 9.17) is 14.2 Å². The van der Waals surface area contributed by atoms with E-state index in [1.165, 1.54) is 0 Å². The SMILES string of the molecule is O=C1OC2(CCC3OC3C2)O1. The third-order valence-corrected chi connectivity index (χ3v) is 2.55. The molecule has 3 aliphatic rings. The van der Waals surface area contributed by atoms with E-state index >= 15 is 0 Å². The van der Waals surface area contributed by atoms with Gasteiger partial charge in [0.1, 0.15) is 0 Å². The van der Waals surface area contributed by atoms with Crippen molar-refractivity contribution < 1.29 is 19.0 Å². The average molecular weight is 156 g/mol. The standard InChI is InChI=1S/C7H8O4/c8-6-10-7(11-6)2-1-4-5(3-7)9-4/h4-5H,1-3H2. The third-order valence-electron chi connectivity index (χ3n) is 2.55. The number of hydrogen-bond acceptors (Lipinski definition) is 4. The number of rotatable bonds is 0. The Balaban J connectivity index is 1.74. The quantitative estimate of drug-likeness (QED) is 0.384. The van der Waals surface area contributed by atoms with Crippen LogP contribution in [-0.2, 0) is 14.2 Å². The van der Waals surface area contributed by atoms with Crippen LogP contribution in [0.4, 0.5) is 4.79 Å². The van der Waals surface area contributed by atoms with Crippen LogP contribution in [0.25, 0.3) is 0 Å². The molecule has 0 amide bonds. The first-order valence-corrected chi connectivity index (χ1v) is 3.85. The molecule has 4 heteroatoms. The van der Waals surface area contributed by atoms with Gasteiger partial charge in [0.05, 0.1) is 18.6 Å². The summed E-state index contributed by atoms with van der Waals surface area (Å²) in [4.78, 5) is 10.4. The van der Waals surface area contributed by atoms with E-state index in [-0.39, 0.29) is 6.10 Å². The molecule has 1 aliphatic carbocycles. The molecule has 0 radical (unpaired) electrons. The van der Waals surface area contributed by atoms with Crippen LogP contribution in [0.5, 0.6) is 0 Å². The van der Waals surface area contributed by atoms with Crippen molar-refractivity contribution in [2.45, 2.75) is 37.3 Å². The van der Waals surface area contributed by atoms with Crippen molar-refractivity contribution in [3.05, 3.63) is 0 Å². The lowest BCUT2D eigenvalue weighted by molar-refractivity contribution is -0.281. The summed E-state index contributed by atoms with van der Waals surface area (Å²) in [6.07, 6.45) is 2.64. The lowest BCUT2D eigenvalue weighted by atomic mass is 9.93. The molecular formula is C7H8O4. The molecule has 0 bridgehead atoms. The molecule has 0 aromatic carbocycles. The topological polar surface area (TPSA) is 48.1 Å². The Hall–Kier alpha value is -0.770. The van der Waals surface area contributed by atoms with Gasteiger partial charge in [0.15, 0.2) is 0 Å². The lowest BCUT2D eigenvalue weighted by Gasteiger charge is -2.40. The fraction of sp³-hybridized carbons (Fsp3) is 0.857. The first kappa shape index (κ1) is 5.83. The highest BCUT2D eigenvalue weighted by Crippen LogP contribution is 2.47. The highest BCUT2D eigenvalue weighted by Gasteiger charge is 2.59. The number of hydrogen-bond donors (Lipinski definition) is 0. The van der Waals surface area contributed by atoms with Crippen LogP contribution >= 0.6 is 0 Å². The Kier molecular flexibility index (Phi) is 0.809. The van der Waals surface area contributed by atoms with Crippen molar-refractivity contribution >= 4 is 6.16 Å². The zero-order valence-electron chi connectivity index (χ0n) is 5.91. The van der Waals surface area contributed by atoms with Gasteiger partial charge >= 0.3 is 6.16 Å². The third kappa shape index (κ3) is 0.701. The number of ether oxygens (including phenoxy) is 3. The Bertz CT molecular complexity index is 216. The van der Waals surface area contributed by atoms with E-state index in [1.54, 1.807) is 0 Å². The van der Waals surface area contributed by atoms with E-state index < -0.39 is 11.9 Å². The Morgan fingerprint density at radius 3 is 2.82 bits per heavy atom. The second-order valence-electron chi connectivity index (χ2n) is 3.32. The lowest BCUT2D eigenvalue weighted by Crippen LogP contribution is -2.52. The predicted octanol–water partition coefficient (Wildman–Crippen LogP) is 0.801. The van der Waals surface area contributed by atoms with Gasteiger partial charge in [-0.15, -0.1) is 0 Å². The van der Waals surface area contributed by atoms with E-state index in [0.29, 0.717) is 6.10 Å². The van der Waals surface area contributed by atoms with Crippen LogP contribution in [-0.4, -0.2) is 24.2 Å². The minimum absolute atomic E-state index is 0.289. The first-order valence-electron chi connectivity index (χ1n) is 3.85. The summed E-state index contributed by atoms with van der Waals surface area (Å²) in [6, 6.07) is 0. The summed E-state index contributed by atoms with van der Waals surface area (Å²) < 4.78 is 15.1. The molecule has 3 rings (SSSR count). The molecule has 0 N–H and O–H groups in total. The maximum absolute atomic E-state index is 10.4. The fourth-order valence-electron chi connectivity index (χ4n) is 1.88. The Morgan fingerprint density at radius 2 is 2.18 bits per heavy atom. The number of fused-ring (bicyclic) bond motifs is 1. The second-order valence-corrected chi connectivity index (χ2v) is 3.32. The van der Waals surface area contributed by atoms with Crippen molar-refractivity contribution in [3.8, 4) is 0 Å². The summed E-state index contributed by atoms with van der Waals surface area (Å²) in [6.45, 7) is 0. The van der Waals surface area contributed by atoms with Crippen LogP contribution in [0.1, 0.15) is 19.3 Å². The van der Waals surface area contributed by atoms with Gasteiger partial charge in [0.2, 0.25) is 0 Å². The summed E-state index contributed by atoms with van der Waals surface area (Å²) in [5.41, 5.74) is 0. The summed E-state index contributed by atoms with van der Waals surface area (Å²) in [5.74, 6) is -0.589. The Morgan fingerprint density at radius 1 is 1.36 bits per heavy atom. The van der Waals surface area contributed by atoms with Gasteiger partial charge in [-0.25, -0.2) is 4.79 Å². The number of carbonyl (C=O) groups is 1. The molecule has 3 fully saturated rings. The maximum atomic E-state index is 10.4. The molecule has 2 atom stereocenters.